The van der Waals surface area contributed by atoms with Crippen LogP contribution in [0.25, 0.3) is 5.69 Å². The summed E-state index contributed by atoms with van der Waals surface area (Å²) >= 11 is 0. The van der Waals surface area contributed by atoms with Crippen LogP contribution < -0.4 is 11.4 Å². The standard InChI is InChI=1S/C20H17N3O2/c24-17-21(14-6-2-1-3-7-14)18(25)23-16-9-8-15(22(17)23)19-10-4-5-11-20(16,19)13-12-19/h1-9,12-13,15-16H,10-11H2. The summed E-state index contributed by atoms with van der Waals surface area (Å²) in [4.78, 5) is 26.4. The van der Waals surface area contributed by atoms with Gasteiger partial charge in [-0.2, -0.15) is 0 Å². The maximum absolute atomic E-state index is 13.2. The Labute approximate surface area is 143 Å². The van der Waals surface area contributed by atoms with Gasteiger partial charge < -0.3 is 0 Å². The first-order valence-corrected chi connectivity index (χ1v) is 8.75. The molecule has 1 aromatic heterocycles. The van der Waals surface area contributed by atoms with Crippen LogP contribution in [0, 0.1) is 10.8 Å². The van der Waals surface area contributed by atoms with E-state index in [9.17, 15) is 9.59 Å². The number of allylic oxidation sites excluding steroid dienone is 6. The molecule has 0 fully saturated rings. The minimum atomic E-state index is -0.242. The molecular weight excluding hydrogens is 314 g/mol. The third-order valence-corrected chi connectivity index (χ3v) is 6.70. The summed E-state index contributed by atoms with van der Waals surface area (Å²) in [5.74, 6) is 0. The van der Waals surface area contributed by atoms with Gasteiger partial charge in [0, 0.05) is 10.8 Å². The lowest BCUT2D eigenvalue weighted by molar-refractivity contribution is -0.0513. The molecule has 0 radical (unpaired) electrons. The van der Waals surface area contributed by atoms with Gasteiger partial charge in [0.25, 0.3) is 0 Å². The summed E-state index contributed by atoms with van der Waals surface area (Å²) in [5, 5.41) is 0. The lowest BCUT2D eigenvalue weighted by atomic mass is 9.43. The summed E-state index contributed by atoms with van der Waals surface area (Å²) in [6.07, 6.45) is 15.1. The molecule has 5 aliphatic rings. The maximum atomic E-state index is 13.2. The zero-order chi connectivity index (χ0) is 16.8. The van der Waals surface area contributed by atoms with E-state index in [0.717, 1.165) is 12.8 Å². The number of hydrogen-bond acceptors (Lipinski definition) is 2. The van der Waals surface area contributed by atoms with Crippen molar-refractivity contribution in [2.75, 3.05) is 0 Å². The molecule has 7 rings (SSSR count). The van der Waals surface area contributed by atoms with Gasteiger partial charge in [0.05, 0.1) is 17.8 Å². The van der Waals surface area contributed by atoms with Crippen LogP contribution in [0.1, 0.15) is 24.9 Å². The van der Waals surface area contributed by atoms with Crippen LogP contribution >= 0.6 is 0 Å². The van der Waals surface area contributed by atoms with Gasteiger partial charge in [0.15, 0.2) is 0 Å². The smallest absolute Gasteiger partial charge is 0.245 e. The predicted octanol–water partition coefficient (Wildman–Crippen LogP) is 2.36. The SMILES string of the molecule is O=c1n(-c2ccccc2)c(=O)n2n1C1C=CC2C23C=CC12CC=CC3. The molecule has 2 aliphatic heterocycles. The molecule has 124 valence electrons. The number of nitrogens with zero attached hydrogens (tertiary/aromatic N) is 3. The van der Waals surface area contributed by atoms with Crippen molar-refractivity contribution in [1.29, 1.82) is 0 Å². The van der Waals surface area contributed by atoms with Crippen molar-refractivity contribution in [2.45, 2.75) is 24.9 Å². The monoisotopic (exact) mass is 331 g/mol. The van der Waals surface area contributed by atoms with E-state index < -0.39 is 0 Å². The first-order valence-electron chi connectivity index (χ1n) is 8.75. The van der Waals surface area contributed by atoms with Crippen LogP contribution in [-0.2, 0) is 0 Å². The molecule has 4 unspecified atom stereocenters. The molecule has 0 saturated carbocycles. The number of para-hydroxylation sites is 1. The highest BCUT2D eigenvalue weighted by Gasteiger charge is 2.67. The summed E-state index contributed by atoms with van der Waals surface area (Å²) in [5.41, 5.74) is 0.00473. The van der Waals surface area contributed by atoms with Gasteiger partial charge in [-0.3, -0.25) is 0 Å². The Kier molecular flexibility index (Phi) is 2.18. The van der Waals surface area contributed by atoms with E-state index in [0.29, 0.717) is 5.69 Å². The van der Waals surface area contributed by atoms with E-state index in [1.807, 2.05) is 30.3 Å². The van der Waals surface area contributed by atoms with Gasteiger partial charge in [-0.1, -0.05) is 54.7 Å². The topological polar surface area (TPSA) is 48.9 Å². The molecule has 0 amide bonds. The molecule has 0 spiro atoms. The number of benzene rings is 1. The Hall–Kier alpha value is -2.82. The first kappa shape index (κ1) is 13.5. The number of aromatic nitrogens is 3. The summed E-state index contributed by atoms with van der Waals surface area (Å²) in [7, 11) is 0. The second-order valence-corrected chi connectivity index (χ2v) is 7.49. The molecule has 3 heterocycles. The van der Waals surface area contributed by atoms with Gasteiger partial charge in [0.1, 0.15) is 0 Å². The Morgan fingerprint density at radius 3 is 1.80 bits per heavy atom. The molecule has 3 aliphatic carbocycles. The highest BCUT2D eigenvalue weighted by Crippen LogP contribution is 2.71. The fourth-order valence-corrected chi connectivity index (χ4v) is 5.50. The molecule has 4 atom stereocenters. The molecule has 25 heavy (non-hydrogen) atoms. The largest absolute Gasteiger partial charge is 0.352 e. The molecular formula is C20H17N3O2. The van der Waals surface area contributed by atoms with E-state index in [1.54, 1.807) is 9.36 Å². The van der Waals surface area contributed by atoms with E-state index in [-0.39, 0.29) is 34.3 Å². The van der Waals surface area contributed by atoms with Crippen LogP contribution in [0.15, 0.2) is 76.4 Å². The lowest BCUT2D eigenvalue weighted by Crippen LogP contribution is -2.64. The molecule has 5 heteroatoms. The van der Waals surface area contributed by atoms with E-state index in [4.69, 9.17) is 0 Å². The number of rotatable bonds is 1. The fourth-order valence-electron chi connectivity index (χ4n) is 5.50. The Morgan fingerprint density at radius 1 is 0.800 bits per heavy atom. The Bertz CT molecular complexity index is 1050. The van der Waals surface area contributed by atoms with Crippen LogP contribution in [0.4, 0.5) is 0 Å². The minimum Gasteiger partial charge on any atom is -0.245 e. The first-order chi connectivity index (χ1) is 12.2. The van der Waals surface area contributed by atoms with Gasteiger partial charge in [-0.05, 0) is 25.0 Å². The summed E-state index contributed by atoms with van der Waals surface area (Å²) in [6.45, 7) is 0. The van der Waals surface area contributed by atoms with Gasteiger partial charge in [-0.15, -0.1) is 0 Å². The minimum absolute atomic E-state index is 0.0691. The number of hydrogen-bond donors (Lipinski definition) is 0. The van der Waals surface area contributed by atoms with Crippen molar-refractivity contribution in [1.82, 2.24) is 13.9 Å². The van der Waals surface area contributed by atoms with Crippen LogP contribution in [0.3, 0.4) is 0 Å². The van der Waals surface area contributed by atoms with Crippen molar-refractivity contribution in [3.8, 4) is 5.69 Å². The van der Waals surface area contributed by atoms with E-state index >= 15 is 0 Å². The second-order valence-electron chi connectivity index (χ2n) is 7.49. The molecule has 0 saturated heterocycles. The van der Waals surface area contributed by atoms with E-state index in [1.165, 1.54) is 4.57 Å². The van der Waals surface area contributed by atoms with Gasteiger partial charge in [-0.25, -0.2) is 23.5 Å². The highest BCUT2D eigenvalue weighted by atomic mass is 16.2. The van der Waals surface area contributed by atoms with Crippen molar-refractivity contribution in [3.05, 3.63) is 87.8 Å². The molecule has 0 N–H and O–H groups in total. The maximum Gasteiger partial charge on any atom is 0.352 e. The van der Waals surface area contributed by atoms with Gasteiger partial charge >= 0.3 is 11.4 Å². The average molecular weight is 331 g/mol. The van der Waals surface area contributed by atoms with Crippen molar-refractivity contribution >= 4 is 0 Å². The third kappa shape index (κ3) is 1.24. The molecule has 5 nitrogen and oxygen atoms in total. The zero-order valence-corrected chi connectivity index (χ0v) is 13.6. The predicted molar refractivity (Wildman–Crippen MR) is 93.9 cm³/mol. The normalized spacial score (nSPS) is 35.8. The molecule has 2 bridgehead atoms. The highest BCUT2D eigenvalue weighted by molar-refractivity contribution is 5.43. The zero-order valence-electron chi connectivity index (χ0n) is 13.6. The second kappa shape index (κ2) is 4.04. The Balaban J connectivity index is 1.68. The summed E-state index contributed by atoms with van der Waals surface area (Å²) < 4.78 is 4.70. The molecule has 1 aromatic carbocycles. The van der Waals surface area contributed by atoms with Crippen LogP contribution in [0.2, 0.25) is 0 Å². The van der Waals surface area contributed by atoms with Crippen molar-refractivity contribution in [2.24, 2.45) is 10.8 Å². The quantitative estimate of drug-likeness (QED) is 0.753. The Morgan fingerprint density at radius 2 is 1.32 bits per heavy atom. The molecule has 2 aromatic rings. The fraction of sp³-hybridized carbons (Fsp3) is 0.300. The average Bonchev–Trinajstić information content (AvgIpc) is 2.90. The van der Waals surface area contributed by atoms with Crippen LogP contribution in [0.5, 0.6) is 0 Å². The van der Waals surface area contributed by atoms with Crippen molar-refractivity contribution < 1.29 is 0 Å². The van der Waals surface area contributed by atoms with Crippen molar-refractivity contribution in [3.63, 3.8) is 0 Å². The lowest BCUT2D eigenvalue weighted by Gasteiger charge is -2.65. The summed E-state index contributed by atoms with van der Waals surface area (Å²) in [6, 6.07) is 9.00. The van der Waals surface area contributed by atoms with Gasteiger partial charge in [0.2, 0.25) is 0 Å². The third-order valence-electron chi connectivity index (χ3n) is 6.70. The van der Waals surface area contributed by atoms with Crippen LogP contribution in [-0.4, -0.2) is 13.9 Å². The van der Waals surface area contributed by atoms with E-state index in [2.05, 4.69) is 36.5 Å².